The molecule has 0 aromatic heterocycles. The van der Waals surface area contributed by atoms with Crippen LogP contribution in [0.2, 0.25) is 0 Å². The third-order valence-electron chi connectivity index (χ3n) is 2.60. The molecule has 0 radical (unpaired) electrons. The van der Waals surface area contributed by atoms with Crippen LogP contribution in [0.4, 0.5) is 0 Å². The summed E-state index contributed by atoms with van der Waals surface area (Å²) in [5.41, 5.74) is 1.39. The van der Waals surface area contributed by atoms with Gasteiger partial charge in [-0.25, -0.2) is 4.79 Å². The first-order valence-corrected chi connectivity index (χ1v) is 7.11. The van der Waals surface area contributed by atoms with E-state index in [-0.39, 0.29) is 12.6 Å². The van der Waals surface area contributed by atoms with Crippen molar-refractivity contribution in [1.29, 1.82) is 0 Å². The van der Waals surface area contributed by atoms with Crippen LogP contribution in [0.5, 0.6) is 0 Å². The maximum Gasteiger partial charge on any atom is 0.333 e. The van der Waals surface area contributed by atoms with E-state index in [1.165, 1.54) is 4.90 Å². The Morgan fingerprint density at radius 1 is 1.10 bits per heavy atom. The third kappa shape index (κ3) is 4.28. The fourth-order valence-corrected chi connectivity index (χ4v) is 2.52. The van der Waals surface area contributed by atoms with E-state index in [1.54, 1.807) is 18.7 Å². The minimum absolute atomic E-state index is 0.273. The molecule has 0 saturated carbocycles. The Labute approximate surface area is 123 Å². The quantitative estimate of drug-likeness (QED) is 0.599. The number of carbonyl (C=O) groups excluding carboxylic acids is 1. The average molecular weight is 284 g/mol. The number of benzene rings is 2. The monoisotopic (exact) mass is 284 g/mol. The number of rotatable bonds is 5. The zero-order valence-corrected chi connectivity index (χ0v) is 12.2. The third-order valence-corrected chi connectivity index (χ3v) is 3.59. The second-order valence-electron chi connectivity index (χ2n) is 4.42. The minimum atomic E-state index is -0.355. The number of hydrogen-bond acceptors (Lipinski definition) is 3. The van der Waals surface area contributed by atoms with Crippen molar-refractivity contribution in [1.82, 2.24) is 0 Å². The molecule has 2 rings (SSSR count). The van der Waals surface area contributed by atoms with Crippen molar-refractivity contribution >= 4 is 17.7 Å². The van der Waals surface area contributed by atoms with E-state index < -0.39 is 0 Å². The van der Waals surface area contributed by atoms with Crippen molar-refractivity contribution < 1.29 is 9.53 Å². The molecular formula is C17H16O2S. The van der Waals surface area contributed by atoms with Crippen LogP contribution in [-0.2, 0) is 16.1 Å². The maximum atomic E-state index is 11.4. The maximum absolute atomic E-state index is 11.4. The minimum Gasteiger partial charge on any atom is -0.457 e. The Morgan fingerprint density at radius 2 is 1.80 bits per heavy atom. The topological polar surface area (TPSA) is 26.3 Å². The van der Waals surface area contributed by atoms with Gasteiger partial charge in [-0.3, -0.25) is 0 Å². The number of carbonyl (C=O) groups is 1. The number of ether oxygens (including phenoxy) is 1. The molecule has 0 aliphatic heterocycles. The SMILES string of the molecule is C=C(C)C(=O)OCc1cccc(Sc2ccccc2)c1. The highest BCUT2D eigenvalue weighted by Gasteiger charge is 2.04. The van der Waals surface area contributed by atoms with Crippen molar-refractivity contribution in [2.45, 2.75) is 23.3 Å². The summed E-state index contributed by atoms with van der Waals surface area (Å²) in [6.07, 6.45) is 0. The second kappa shape index (κ2) is 6.96. The standard InChI is InChI=1S/C17H16O2S/c1-13(2)17(18)19-12-14-7-6-10-16(11-14)20-15-8-4-3-5-9-15/h3-11H,1,12H2,2H3. The van der Waals surface area contributed by atoms with Crippen LogP contribution in [0, 0.1) is 0 Å². The summed E-state index contributed by atoms with van der Waals surface area (Å²) in [4.78, 5) is 13.7. The molecule has 2 aromatic rings. The average Bonchev–Trinajstić information content (AvgIpc) is 2.46. The lowest BCUT2D eigenvalue weighted by molar-refractivity contribution is -0.140. The first-order chi connectivity index (χ1) is 9.65. The molecule has 0 aliphatic carbocycles. The number of esters is 1. The Bertz CT molecular complexity index is 605. The molecule has 0 N–H and O–H groups in total. The van der Waals surface area contributed by atoms with E-state index >= 15 is 0 Å². The first kappa shape index (κ1) is 14.4. The molecule has 0 bridgehead atoms. The molecule has 0 spiro atoms. The van der Waals surface area contributed by atoms with Gasteiger partial charge in [-0.1, -0.05) is 48.7 Å². The van der Waals surface area contributed by atoms with Crippen LogP contribution in [0.25, 0.3) is 0 Å². The summed E-state index contributed by atoms with van der Waals surface area (Å²) in [5, 5.41) is 0. The number of hydrogen-bond donors (Lipinski definition) is 0. The van der Waals surface area contributed by atoms with Crippen LogP contribution in [0.1, 0.15) is 12.5 Å². The summed E-state index contributed by atoms with van der Waals surface area (Å²) in [5.74, 6) is -0.355. The summed E-state index contributed by atoms with van der Waals surface area (Å²) in [7, 11) is 0. The van der Waals surface area contributed by atoms with Crippen LogP contribution in [0.15, 0.2) is 76.5 Å². The lowest BCUT2D eigenvalue weighted by atomic mass is 10.2. The molecule has 102 valence electrons. The van der Waals surface area contributed by atoms with E-state index in [1.807, 2.05) is 42.5 Å². The predicted molar refractivity (Wildman–Crippen MR) is 81.6 cm³/mol. The van der Waals surface area contributed by atoms with E-state index in [2.05, 4.69) is 18.7 Å². The van der Waals surface area contributed by atoms with Gasteiger partial charge in [-0.05, 0) is 36.8 Å². The van der Waals surface area contributed by atoms with Gasteiger partial charge in [0.05, 0.1) is 0 Å². The predicted octanol–water partition coefficient (Wildman–Crippen LogP) is 4.46. The van der Waals surface area contributed by atoms with E-state index in [4.69, 9.17) is 4.74 Å². The normalized spacial score (nSPS) is 10.1. The van der Waals surface area contributed by atoms with Gasteiger partial charge in [0.2, 0.25) is 0 Å². The zero-order chi connectivity index (χ0) is 14.4. The van der Waals surface area contributed by atoms with Gasteiger partial charge >= 0.3 is 5.97 Å². The molecule has 2 nitrogen and oxygen atoms in total. The molecule has 0 heterocycles. The fraction of sp³-hybridized carbons (Fsp3) is 0.118. The molecular weight excluding hydrogens is 268 g/mol. The highest BCUT2D eigenvalue weighted by molar-refractivity contribution is 7.99. The second-order valence-corrected chi connectivity index (χ2v) is 5.57. The molecule has 0 saturated heterocycles. The largest absolute Gasteiger partial charge is 0.457 e. The molecule has 20 heavy (non-hydrogen) atoms. The summed E-state index contributed by atoms with van der Waals surface area (Å²) in [6.45, 7) is 5.48. The molecule has 0 atom stereocenters. The Kier molecular flexibility index (Phi) is 5.02. The molecule has 0 amide bonds. The highest BCUT2D eigenvalue weighted by atomic mass is 32.2. The van der Waals surface area contributed by atoms with Crippen molar-refractivity contribution in [2.75, 3.05) is 0 Å². The first-order valence-electron chi connectivity index (χ1n) is 6.29. The van der Waals surface area contributed by atoms with Crippen molar-refractivity contribution in [3.8, 4) is 0 Å². The van der Waals surface area contributed by atoms with Crippen molar-refractivity contribution in [3.63, 3.8) is 0 Å². The van der Waals surface area contributed by atoms with Gasteiger partial charge < -0.3 is 4.74 Å². The van der Waals surface area contributed by atoms with Crippen LogP contribution in [-0.4, -0.2) is 5.97 Å². The zero-order valence-electron chi connectivity index (χ0n) is 11.3. The van der Waals surface area contributed by atoms with Gasteiger partial charge in [0.15, 0.2) is 0 Å². The van der Waals surface area contributed by atoms with Gasteiger partial charge in [0.1, 0.15) is 6.61 Å². The van der Waals surface area contributed by atoms with Gasteiger partial charge in [-0.15, -0.1) is 0 Å². The van der Waals surface area contributed by atoms with E-state index in [0.717, 1.165) is 10.5 Å². The Balaban J connectivity index is 2.01. The molecule has 0 aliphatic rings. The van der Waals surface area contributed by atoms with E-state index in [9.17, 15) is 4.79 Å². The molecule has 0 fully saturated rings. The van der Waals surface area contributed by atoms with Gasteiger partial charge in [0.25, 0.3) is 0 Å². The fourth-order valence-electron chi connectivity index (χ4n) is 1.60. The lowest BCUT2D eigenvalue weighted by Crippen LogP contribution is -2.04. The summed E-state index contributed by atoms with van der Waals surface area (Å²) in [6, 6.07) is 18.1. The van der Waals surface area contributed by atoms with Crippen molar-refractivity contribution in [3.05, 3.63) is 72.3 Å². The highest BCUT2D eigenvalue weighted by Crippen LogP contribution is 2.27. The lowest BCUT2D eigenvalue weighted by Gasteiger charge is -2.06. The molecule has 2 aromatic carbocycles. The van der Waals surface area contributed by atoms with Crippen molar-refractivity contribution in [2.24, 2.45) is 0 Å². The van der Waals surface area contributed by atoms with Crippen LogP contribution < -0.4 is 0 Å². The Hall–Kier alpha value is -2.00. The summed E-state index contributed by atoms with van der Waals surface area (Å²) < 4.78 is 5.15. The molecule has 3 heteroatoms. The molecule has 0 unspecified atom stereocenters. The van der Waals surface area contributed by atoms with Crippen LogP contribution >= 0.6 is 11.8 Å². The Morgan fingerprint density at radius 3 is 2.50 bits per heavy atom. The van der Waals surface area contributed by atoms with Crippen LogP contribution in [0.3, 0.4) is 0 Å². The van der Waals surface area contributed by atoms with Gasteiger partial charge in [-0.2, -0.15) is 0 Å². The summed E-state index contributed by atoms with van der Waals surface area (Å²) >= 11 is 1.68. The smallest absolute Gasteiger partial charge is 0.333 e. The van der Waals surface area contributed by atoms with E-state index in [0.29, 0.717) is 5.57 Å². The van der Waals surface area contributed by atoms with Gasteiger partial charge in [0, 0.05) is 15.4 Å².